The minimum atomic E-state index is 0.738. The summed E-state index contributed by atoms with van der Waals surface area (Å²) in [7, 11) is 1.73. The molecule has 92 valence electrons. The van der Waals surface area contributed by atoms with Gasteiger partial charge >= 0.3 is 0 Å². The Hall–Kier alpha value is -1.55. The zero-order valence-electron chi connectivity index (χ0n) is 10.4. The largest absolute Gasteiger partial charge is 0.397 e. The molecule has 0 radical (unpaired) electrons. The van der Waals surface area contributed by atoms with E-state index in [0.29, 0.717) is 0 Å². The van der Waals surface area contributed by atoms with E-state index in [2.05, 4.69) is 16.0 Å². The molecule has 2 heterocycles. The average molecular weight is 233 g/mol. The Balaban J connectivity index is 2.07. The molecule has 0 bridgehead atoms. The number of nitrogens with two attached hydrogens (primary N) is 1. The van der Waals surface area contributed by atoms with Gasteiger partial charge in [-0.05, 0) is 30.5 Å². The highest BCUT2D eigenvalue weighted by atomic mass is 16.5. The number of hydrogen-bond donors (Lipinski definition) is 1. The maximum Gasteiger partial charge on any atom is 0.129 e. The summed E-state index contributed by atoms with van der Waals surface area (Å²) in [5.41, 5.74) is 8.98. The van der Waals surface area contributed by atoms with Gasteiger partial charge in [-0.2, -0.15) is 0 Å². The Labute approximate surface area is 102 Å². The molecule has 0 atom stereocenters. The first kappa shape index (κ1) is 11.9. The first-order chi connectivity index (χ1) is 8.20. The fourth-order valence-electron chi connectivity index (χ4n) is 1.96. The van der Waals surface area contributed by atoms with Crippen LogP contribution in [0.2, 0.25) is 0 Å². The van der Waals surface area contributed by atoms with E-state index >= 15 is 0 Å². The molecule has 17 heavy (non-hydrogen) atoms. The highest BCUT2D eigenvalue weighted by Gasteiger charge is 2.13. The minimum absolute atomic E-state index is 0.738. The van der Waals surface area contributed by atoms with E-state index in [4.69, 9.17) is 10.5 Å². The Kier molecular flexibility index (Phi) is 3.64. The molecule has 0 saturated heterocycles. The second-order valence-electron chi connectivity index (χ2n) is 4.39. The van der Waals surface area contributed by atoms with Gasteiger partial charge in [0.15, 0.2) is 0 Å². The number of rotatable bonds is 3. The zero-order valence-corrected chi connectivity index (χ0v) is 10.4. The summed E-state index contributed by atoms with van der Waals surface area (Å²) >= 11 is 0. The highest BCUT2D eigenvalue weighted by molar-refractivity contribution is 5.52. The standard InChI is InChI=1S/C13H19N3O/c1-10-7-13(15-8-12(10)14)16-5-3-11(4-6-16)9-17-2/h3,7-8H,4-6,9,14H2,1-2H3. The van der Waals surface area contributed by atoms with Crippen LogP contribution in [0.25, 0.3) is 0 Å². The van der Waals surface area contributed by atoms with Gasteiger partial charge in [0.05, 0.1) is 18.5 Å². The van der Waals surface area contributed by atoms with Crippen LogP contribution in [0.5, 0.6) is 0 Å². The van der Waals surface area contributed by atoms with Gasteiger partial charge in [0.2, 0.25) is 0 Å². The van der Waals surface area contributed by atoms with Gasteiger partial charge < -0.3 is 15.4 Å². The Morgan fingerprint density at radius 2 is 2.35 bits per heavy atom. The fraction of sp³-hybridized carbons (Fsp3) is 0.462. The zero-order chi connectivity index (χ0) is 12.3. The number of nitrogen functional groups attached to an aromatic ring is 1. The molecule has 2 N–H and O–H groups in total. The van der Waals surface area contributed by atoms with Gasteiger partial charge in [-0.3, -0.25) is 0 Å². The van der Waals surface area contributed by atoms with Crippen molar-refractivity contribution < 1.29 is 4.74 Å². The lowest BCUT2D eigenvalue weighted by Crippen LogP contribution is -2.30. The molecule has 4 nitrogen and oxygen atoms in total. The maximum atomic E-state index is 5.77. The Morgan fingerprint density at radius 1 is 1.53 bits per heavy atom. The summed E-state index contributed by atoms with van der Waals surface area (Å²) in [5.74, 6) is 1.00. The number of aromatic nitrogens is 1. The number of nitrogens with zero attached hydrogens (tertiary/aromatic N) is 2. The number of pyridine rings is 1. The predicted octanol–water partition coefficient (Wildman–Crippen LogP) is 1.76. The molecule has 1 aromatic rings. The van der Waals surface area contributed by atoms with E-state index in [1.54, 1.807) is 13.3 Å². The van der Waals surface area contributed by atoms with Crippen LogP contribution in [0.15, 0.2) is 23.9 Å². The van der Waals surface area contributed by atoms with Crippen LogP contribution in [0, 0.1) is 6.92 Å². The van der Waals surface area contributed by atoms with E-state index in [9.17, 15) is 0 Å². The smallest absolute Gasteiger partial charge is 0.129 e. The Bertz CT molecular complexity index is 429. The lowest BCUT2D eigenvalue weighted by Gasteiger charge is -2.27. The van der Waals surface area contributed by atoms with Crippen LogP contribution in [-0.2, 0) is 4.74 Å². The van der Waals surface area contributed by atoms with Crippen LogP contribution in [-0.4, -0.2) is 31.8 Å². The summed E-state index contributed by atoms with van der Waals surface area (Å²) in [5, 5.41) is 0. The molecule has 0 unspecified atom stereocenters. The number of anilines is 2. The van der Waals surface area contributed by atoms with Crippen LogP contribution in [0.4, 0.5) is 11.5 Å². The van der Waals surface area contributed by atoms with Gasteiger partial charge in [0, 0.05) is 20.2 Å². The highest BCUT2D eigenvalue weighted by Crippen LogP contribution is 2.20. The minimum Gasteiger partial charge on any atom is -0.397 e. The van der Waals surface area contributed by atoms with Crippen molar-refractivity contribution in [2.45, 2.75) is 13.3 Å². The SMILES string of the molecule is COCC1=CCN(c2cc(C)c(N)cn2)CC1. The van der Waals surface area contributed by atoms with Crippen LogP contribution >= 0.6 is 0 Å². The molecule has 1 aliphatic heterocycles. The number of aryl methyl sites for hydroxylation is 1. The first-order valence-corrected chi connectivity index (χ1v) is 5.84. The third kappa shape index (κ3) is 2.77. The van der Waals surface area contributed by atoms with Crippen molar-refractivity contribution in [3.05, 3.63) is 29.5 Å². The van der Waals surface area contributed by atoms with E-state index in [1.165, 1.54) is 5.57 Å². The predicted molar refractivity (Wildman–Crippen MR) is 70.2 cm³/mol. The summed E-state index contributed by atoms with van der Waals surface area (Å²) in [6.45, 7) is 4.64. The summed E-state index contributed by atoms with van der Waals surface area (Å²) in [4.78, 5) is 6.63. The lowest BCUT2D eigenvalue weighted by molar-refractivity contribution is 0.222. The fourth-order valence-corrected chi connectivity index (χ4v) is 1.96. The topological polar surface area (TPSA) is 51.4 Å². The van der Waals surface area contributed by atoms with Gasteiger partial charge in [0.25, 0.3) is 0 Å². The second kappa shape index (κ2) is 5.19. The van der Waals surface area contributed by atoms with Crippen molar-refractivity contribution >= 4 is 11.5 Å². The monoisotopic (exact) mass is 233 g/mol. The van der Waals surface area contributed by atoms with Gasteiger partial charge in [-0.1, -0.05) is 6.08 Å². The van der Waals surface area contributed by atoms with Crippen LogP contribution < -0.4 is 10.6 Å². The number of ether oxygens (including phenoxy) is 1. The first-order valence-electron chi connectivity index (χ1n) is 5.84. The molecule has 1 aliphatic rings. The van der Waals surface area contributed by atoms with Crippen LogP contribution in [0.1, 0.15) is 12.0 Å². The summed E-state index contributed by atoms with van der Waals surface area (Å²) < 4.78 is 5.14. The third-order valence-corrected chi connectivity index (χ3v) is 3.09. The second-order valence-corrected chi connectivity index (χ2v) is 4.39. The van der Waals surface area contributed by atoms with Gasteiger partial charge in [-0.25, -0.2) is 4.98 Å². The molecule has 0 amide bonds. The number of methoxy groups -OCH3 is 1. The quantitative estimate of drug-likeness (QED) is 0.808. The van der Waals surface area contributed by atoms with E-state index in [0.717, 1.165) is 43.2 Å². The van der Waals surface area contributed by atoms with E-state index in [-0.39, 0.29) is 0 Å². The van der Waals surface area contributed by atoms with Crippen molar-refractivity contribution in [1.29, 1.82) is 0 Å². The number of hydrogen-bond acceptors (Lipinski definition) is 4. The van der Waals surface area contributed by atoms with Gasteiger partial charge in [0.1, 0.15) is 5.82 Å². The molecular formula is C13H19N3O. The van der Waals surface area contributed by atoms with Crippen molar-refractivity contribution in [1.82, 2.24) is 4.98 Å². The molecule has 1 aromatic heterocycles. The van der Waals surface area contributed by atoms with Crippen molar-refractivity contribution in [3.8, 4) is 0 Å². The molecule has 0 aliphatic carbocycles. The normalized spacial score (nSPS) is 15.9. The molecule has 0 aromatic carbocycles. The third-order valence-electron chi connectivity index (χ3n) is 3.09. The molecular weight excluding hydrogens is 214 g/mol. The molecule has 0 saturated carbocycles. The van der Waals surface area contributed by atoms with E-state index in [1.807, 2.05) is 13.0 Å². The maximum absolute atomic E-state index is 5.77. The summed E-state index contributed by atoms with van der Waals surface area (Å²) in [6, 6.07) is 2.05. The van der Waals surface area contributed by atoms with Crippen molar-refractivity contribution in [2.24, 2.45) is 0 Å². The molecule has 0 spiro atoms. The Morgan fingerprint density at radius 3 is 2.94 bits per heavy atom. The average Bonchev–Trinajstić information content (AvgIpc) is 2.34. The molecule has 0 fully saturated rings. The molecule has 2 rings (SSSR count). The van der Waals surface area contributed by atoms with Gasteiger partial charge in [-0.15, -0.1) is 0 Å². The molecule has 4 heteroatoms. The van der Waals surface area contributed by atoms with Crippen LogP contribution in [0.3, 0.4) is 0 Å². The van der Waals surface area contributed by atoms with Crippen molar-refractivity contribution in [3.63, 3.8) is 0 Å². The van der Waals surface area contributed by atoms with Crippen molar-refractivity contribution in [2.75, 3.05) is 37.4 Å². The lowest BCUT2D eigenvalue weighted by atomic mass is 10.1. The van der Waals surface area contributed by atoms with E-state index < -0.39 is 0 Å². The summed E-state index contributed by atoms with van der Waals surface area (Å²) in [6.07, 6.45) is 5.00.